The zero-order valence-corrected chi connectivity index (χ0v) is 11.8. The molecule has 0 radical (unpaired) electrons. The Morgan fingerprint density at radius 2 is 2.27 bits per heavy atom. The molecule has 0 N–H and O–H groups in total. The second-order valence-electron chi connectivity index (χ2n) is 3.72. The van der Waals surface area contributed by atoms with Crippen LogP contribution in [0.1, 0.15) is 39.3 Å². The molecule has 1 aromatic heterocycles. The first-order valence-corrected chi connectivity index (χ1v) is 6.58. The van der Waals surface area contributed by atoms with Crippen LogP contribution in [-0.4, -0.2) is 15.9 Å². The van der Waals surface area contributed by atoms with E-state index < -0.39 is 0 Å². The predicted molar refractivity (Wildman–Crippen MR) is 69.8 cm³/mol. The van der Waals surface area contributed by atoms with Crippen molar-refractivity contribution in [3.8, 4) is 0 Å². The standard InChI is InChI=1S/C11H19IN2O/c1-4-6-14-7-10(12)11(13-14)8-15-9(3)5-2/h7,9H,4-6,8H2,1-3H3/t9-/m0/s1. The first kappa shape index (κ1) is 13.0. The Labute approximate surface area is 105 Å². The molecule has 0 spiro atoms. The van der Waals surface area contributed by atoms with Crippen LogP contribution in [-0.2, 0) is 17.9 Å². The molecule has 1 heterocycles. The van der Waals surface area contributed by atoms with Crippen LogP contribution in [0.2, 0.25) is 0 Å². The molecule has 0 amide bonds. The molecule has 0 aromatic carbocycles. The van der Waals surface area contributed by atoms with Gasteiger partial charge >= 0.3 is 0 Å². The van der Waals surface area contributed by atoms with Crippen LogP contribution >= 0.6 is 22.6 Å². The summed E-state index contributed by atoms with van der Waals surface area (Å²) in [5.41, 5.74) is 1.06. The van der Waals surface area contributed by atoms with Gasteiger partial charge in [0.2, 0.25) is 0 Å². The van der Waals surface area contributed by atoms with E-state index in [1.807, 2.05) is 4.68 Å². The highest BCUT2D eigenvalue weighted by Crippen LogP contribution is 2.13. The molecule has 3 nitrogen and oxygen atoms in total. The van der Waals surface area contributed by atoms with Crippen LogP contribution in [0.25, 0.3) is 0 Å². The highest BCUT2D eigenvalue weighted by atomic mass is 127. The summed E-state index contributed by atoms with van der Waals surface area (Å²) in [6.45, 7) is 7.99. The summed E-state index contributed by atoms with van der Waals surface area (Å²) in [5, 5.41) is 4.49. The van der Waals surface area contributed by atoms with E-state index in [2.05, 4.69) is 54.7 Å². The third-order valence-corrected chi connectivity index (χ3v) is 3.22. The summed E-state index contributed by atoms with van der Waals surface area (Å²) in [5.74, 6) is 0. The molecular formula is C11H19IN2O. The fourth-order valence-corrected chi connectivity index (χ4v) is 1.80. The molecule has 0 aliphatic rings. The molecule has 0 saturated carbocycles. The Bertz CT molecular complexity index is 299. The van der Waals surface area contributed by atoms with Gasteiger partial charge in [0.15, 0.2) is 0 Å². The Morgan fingerprint density at radius 3 is 2.87 bits per heavy atom. The Hall–Kier alpha value is -0.100. The third-order valence-electron chi connectivity index (χ3n) is 2.32. The van der Waals surface area contributed by atoms with E-state index >= 15 is 0 Å². The van der Waals surface area contributed by atoms with Gasteiger partial charge in [0.05, 0.1) is 16.3 Å². The number of hydrogen-bond donors (Lipinski definition) is 0. The van der Waals surface area contributed by atoms with Crippen LogP contribution in [0.15, 0.2) is 6.20 Å². The molecule has 0 fully saturated rings. The number of hydrogen-bond acceptors (Lipinski definition) is 2. The van der Waals surface area contributed by atoms with Gasteiger partial charge in [0, 0.05) is 12.7 Å². The number of halogens is 1. The monoisotopic (exact) mass is 322 g/mol. The van der Waals surface area contributed by atoms with Gasteiger partial charge < -0.3 is 4.74 Å². The summed E-state index contributed by atoms with van der Waals surface area (Å²) in [4.78, 5) is 0. The first-order valence-electron chi connectivity index (χ1n) is 5.50. The van der Waals surface area contributed by atoms with Gasteiger partial charge in [-0.2, -0.15) is 5.10 Å². The maximum Gasteiger partial charge on any atom is 0.101 e. The quantitative estimate of drug-likeness (QED) is 0.752. The fraction of sp³-hybridized carbons (Fsp3) is 0.727. The molecule has 0 saturated heterocycles. The lowest BCUT2D eigenvalue weighted by Crippen LogP contribution is -2.07. The topological polar surface area (TPSA) is 27.1 Å². The van der Waals surface area contributed by atoms with Crippen molar-refractivity contribution < 1.29 is 4.74 Å². The van der Waals surface area contributed by atoms with Gasteiger partial charge in [-0.15, -0.1) is 0 Å². The zero-order valence-electron chi connectivity index (χ0n) is 9.66. The van der Waals surface area contributed by atoms with Gasteiger partial charge in [0.1, 0.15) is 5.69 Å². The van der Waals surface area contributed by atoms with Crippen molar-refractivity contribution in [1.82, 2.24) is 9.78 Å². The van der Waals surface area contributed by atoms with Gasteiger partial charge in [-0.1, -0.05) is 13.8 Å². The number of aromatic nitrogens is 2. The van der Waals surface area contributed by atoms with Crippen LogP contribution in [0, 0.1) is 3.57 Å². The molecule has 1 aromatic rings. The minimum Gasteiger partial charge on any atom is -0.372 e. The summed E-state index contributed by atoms with van der Waals surface area (Å²) < 4.78 is 8.86. The van der Waals surface area contributed by atoms with Crippen LogP contribution in [0.4, 0.5) is 0 Å². The van der Waals surface area contributed by atoms with E-state index in [9.17, 15) is 0 Å². The molecule has 0 unspecified atom stereocenters. The highest BCUT2D eigenvalue weighted by molar-refractivity contribution is 14.1. The van der Waals surface area contributed by atoms with E-state index in [1.54, 1.807) is 0 Å². The van der Waals surface area contributed by atoms with E-state index in [0.717, 1.165) is 25.1 Å². The lowest BCUT2D eigenvalue weighted by Gasteiger charge is -2.08. The van der Waals surface area contributed by atoms with Gasteiger partial charge in [-0.3, -0.25) is 4.68 Å². The van der Waals surface area contributed by atoms with Crippen molar-refractivity contribution in [3.63, 3.8) is 0 Å². The summed E-state index contributed by atoms with van der Waals surface area (Å²) >= 11 is 2.32. The maximum absolute atomic E-state index is 5.67. The van der Waals surface area contributed by atoms with Crippen molar-refractivity contribution in [1.29, 1.82) is 0 Å². The molecule has 15 heavy (non-hydrogen) atoms. The van der Waals surface area contributed by atoms with Crippen molar-refractivity contribution in [2.75, 3.05) is 0 Å². The van der Waals surface area contributed by atoms with Crippen LogP contribution in [0.5, 0.6) is 0 Å². The number of aryl methyl sites for hydroxylation is 1. The smallest absolute Gasteiger partial charge is 0.101 e. The molecular weight excluding hydrogens is 303 g/mol. The average molecular weight is 322 g/mol. The van der Waals surface area contributed by atoms with E-state index in [4.69, 9.17) is 4.74 Å². The molecule has 4 heteroatoms. The highest BCUT2D eigenvalue weighted by Gasteiger charge is 2.07. The lowest BCUT2D eigenvalue weighted by molar-refractivity contribution is 0.0482. The minimum absolute atomic E-state index is 0.317. The SMILES string of the molecule is CCCn1cc(I)c(CO[C@@H](C)CC)n1. The Morgan fingerprint density at radius 1 is 1.53 bits per heavy atom. The number of nitrogens with zero attached hydrogens (tertiary/aromatic N) is 2. The molecule has 86 valence electrons. The van der Waals surface area contributed by atoms with Crippen molar-refractivity contribution in [2.45, 2.75) is 52.9 Å². The fourth-order valence-electron chi connectivity index (χ4n) is 1.22. The van der Waals surface area contributed by atoms with Crippen LogP contribution in [0.3, 0.4) is 0 Å². The van der Waals surface area contributed by atoms with Crippen molar-refractivity contribution in [3.05, 3.63) is 15.5 Å². The first-order chi connectivity index (χ1) is 7.17. The second-order valence-corrected chi connectivity index (χ2v) is 4.88. The minimum atomic E-state index is 0.317. The second kappa shape index (κ2) is 6.48. The van der Waals surface area contributed by atoms with Crippen molar-refractivity contribution in [2.24, 2.45) is 0 Å². The summed E-state index contributed by atoms with van der Waals surface area (Å²) in [7, 11) is 0. The third kappa shape index (κ3) is 4.10. The van der Waals surface area contributed by atoms with E-state index in [0.29, 0.717) is 12.7 Å². The predicted octanol–water partition coefficient (Wildman–Crippen LogP) is 3.21. The summed E-state index contributed by atoms with van der Waals surface area (Å²) in [6.07, 6.45) is 4.56. The van der Waals surface area contributed by atoms with E-state index in [-0.39, 0.29) is 0 Å². The lowest BCUT2D eigenvalue weighted by atomic mass is 10.3. The largest absolute Gasteiger partial charge is 0.372 e. The summed E-state index contributed by atoms with van der Waals surface area (Å²) in [6, 6.07) is 0. The molecule has 0 aliphatic carbocycles. The average Bonchev–Trinajstić information content (AvgIpc) is 2.56. The zero-order chi connectivity index (χ0) is 11.3. The molecule has 1 rings (SSSR count). The maximum atomic E-state index is 5.67. The number of rotatable bonds is 6. The van der Waals surface area contributed by atoms with Crippen LogP contribution < -0.4 is 0 Å². The molecule has 0 bridgehead atoms. The normalized spacial score (nSPS) is 13.1. The van der Waals surface area contributed by atoms with E-state index in [1.165, 1.54) is 3.57 Å². The molecule has 0 aliphatic heterocycles. The van der Waals surface area contributed by atoms with Crippen molar-refractivity contribution >= 4 is 22.6 Å². The molecule has 1 atom stereocenters. The van der Waals surface area contributed by atoms with Gasteiger partial charge in [-0.25, -0.2) is 0 Å². The Kier molecular flexibility index (Phi) is 5.60. The van der Waals surface area contributed by atoms with Gasteiger partial charge in [0.25, 0.3) is 0 Å². The Balaban J connectivity index is 2.53. The van der Waals surface area contributed by atoms with Gasteiger partial charge in [-0.05, 0) is 42.4 Å². The number of ether oxygens (including phenoxy) is 1.